The van der Waals surface area contributed by atoms with Gasteiger partial charge in [0, 0.05) is 13.1 Å². The number of hydrogen-bond acceptors (Lipinski definition) is 4. The first kappa shape index (κ1) is 15.6. The number of anilines is 1. The number of carbonyl (C=O) groups is 1. The van der Waals surface area contributed by atoms with E-state index in [0.717, 1.165) is 12.8 Å². The Bertz CT molecular complexity index is 494. The number of ether oxygens (including phenoxy) is 1. The van der Waals surface area contributed by atoms with Gasteiger partial charge in [-0.25, -0.2) is 0 Å². The highest BCUT2D eigenvalue weighted by atomic mass is 16.5. The van der Waals surface area contributed by atoms with Gasteiger partial charge in [-0.3, -0.25) is 4.79 Å². The summed E-state index contributed by atoms with van der Waals surface area (Å²) >= 11 is 0. The number of rotatable bonds is 4. The standard InChI is InChI=1S/C16H24N2O3/c1-3-21-15-13(5-4-6-14(15)17)16(20)18-9-7-12(8-10-18)11(2)19/h4-6,11-12,19H,3,7-10,17H2,1-2H3. The number of para-hydroxylation sites is 1. The van der Waals surface area contributed by atoms with E-state index in [0.29, 0.717) is 36.7 Å². The van der Waals surface area contributed by atoms with Gasteiger partial charge < -0.3 is 20.5 Å². The van der Waals surface area contributed by atoms with Crippen LogP contribution in [-0.4, -0.2) is 41.7 Å². The van der Waals surface area contributed by atoms with Crippen molar-refractivity contribution in [1.29, 1.82) is 0 Å². The van der Waals surface area contributed by atoms with Crippen LogP contribution in [0.15, 0.2) is 18.2 Å². The molecular formula is C16H24N2O3. The number of likely N-dealkylation sites (tertiary alicyclic amines) is 1. The van der Waals surface area contributed by atoms with Crippen molar-refractivity contribution in [3.8, 4) is 5.75 Å². The normalized spacial score (nSPS) is 17.6. The quantitative estimate of drug-likeness (QED) is 0.831. The van der Waals surface area contributed by atoms with Crippen LogP contribution in [0.2, 0.25) is 0 Å². The van der Waals surface area contributed by atoms with Crippen LogP contribution in [0.1, 0.15) is 37.0 Å². The Hall–Kier alpha value is -1.75. The summed E-state index contributed by atoms with van der Waals surface area (Å²) in [6, 6.07) is 5.26. The molecule has 1 fully saturated rings. The molecule has 1 aromatic rings. The van der Waals surface area contributed by atoms with Gasteiger partial charge in [-0.05, 0) is 44.7 Å². The highest BCUT2D eigenvalue weighted by Gasteiger charge is 2.27. The topological polar surface area (TPSA) is 75.8 Å². The van der Waals surface area contributed by atoms with Crippen molar-refractivity contribution in [2.45, 2.75) is 32.8 Å². The molecule has 0 saturated carbocycles. The van der Waals surface area contributed by atoms with Crippen LogP contribution < -0.4 is 10.5 Å². The van der Waals surface area contributed by atoms with Crippen LogP contribution in [0.3, 0.4) is 0 Å². The molecule has 21 heavy (non-hydrogen) atoms. The Labute approximate surface area is 125 Å². The molecular weight excluding hydrogens is 268 g/mol. The van der Waals surface area contributed by atoms with Gasteiger partial charge >= 0.3 is 0 Å². The van der Waals surface area contributed by atoms with Crippen molar-refractivity contribution in [3.63, 3.8) is 0 Å². The molecule has 1 heterocycles. The summed E-state index contributed by atoms with van der Waals surface area (Å²) in [4.78, 5) is 14.5. The zero-order valence-corrected chi connectivity index (χ0v) is 12.7. The SMILES string of the molecule is CCOc1c(N)cccc1C(=O)N1CCC(C(C)O)CC1. The van der Waals surface area contributed by atoms with E-state index in [-0.39, 0.29) is 17.9 Å². The van der Waals surface area contributed by atoms with Crippen molar-refractivity contribution >= 4 is 11.6 Å². The molecule has 1 unspecified atom stereocenters. The molecule has 0 aromatic heterocycles. The molecule has 0 spiro atoms. The predicted molar refractivity (Wildman–Crippen MR) is 82.3 cm³/mol. The minimum Gasteiger partial charge on any atom is -0.491 e. The van der Waals surface area contributed by atoms with Crippen molar-refractivity contribution in [3.05, 3.63) is 23.8 Å². The summed E-state index contributed by atoms with van der Waals surface area (Å²) in [7, 11) is 0. The molecule has 116 valence electrons. The summed E-state index contributed by atoms with van der Waals surface area (Å²) in [5.74, 6) is 0.707. The fourth-order valence-corrected chi connectivity index (χ4v) is 2.78. The maximum Gasteiger partial charge on any atom is 0.257 e. The highest BCUT2D eigenvalue weighted by Crippen LogP contribution is 2.29. The number of piperidine rings is 1. The lowest BCUT2D eigenvalue weighted by Gasteiger charge is -2.33. The Morgan fingerprint density at radius 1 is 1.48 bits per heavy atom. The van der Waals surface area contributed by atoms with E-state index in [1.807, 2.05) is 18.7 Å². The van der Waals surface area contributed by atoms with E-state index in [2.05, 4.69) is 0 Å². The van der Waals surface area contributed by atoms with Gasteiger partial charge in [-0.15, -0.1) is 0 Å². The molecule has 5 nitrogen and oxygen atoms in total. The smallest absolute Gasteiger partial charge is 0.257 e. The number of nitrogens with zero attached hydrogens (tertiary/aromatic N) is 1. The molecule has 5 heteroatoms. The zero-order chi connectivity index (χ0) is 15.4. The molecule has 1 saturated heterocycles. The lowest BCUT2D eigenvalue weighted by atomic mass is 9.92. The summed E-state index contributed by atoms with van der Waals surface area (Å²) < 4.78 is 5.53. The largest absolute Gasteiger partial charge is 0.491 e. The van der Waals surface area contributed by atoms with E-state index in [9.17, 15) is 9.90 Å². The molecule has 0 radical (unpaired) electrons. The average molecular weight is 292 g/mol. The third kappa shape index (κ3) is 3.47. The molecule has 0 bridgehead atoms. The number of amides is 1. The van der Waals surface area contributed by atoms with Crippen LogP contribution >= 0.6 is 0 Å². The minimum atomic E-state index is -0.311. The fourth-order valence-electron chi connectivity index (χ4n) is 2.78. The molecule has 1 aliphatic rings. The highest BCUT2D eigenvalue weighted by molar-refractivity contribution is 5.98. The van der Waals surface area contributed by atoms with Crippen LogP contribution in [0, 0.1) is 5.92 Å². The second kappa shape index (κ2) is 6.80. The Morgan fingerprint density at radius 2 is 2.14 bits per heavy atom. The number of aliphatic hydroxyl groups is 1. The number of benzene rings is 1. The number of nitrogen functional groups attached to an aromatic ring is 1. The van der Waals surface area contributed by atoms with Gasteiger partial charge in [0.25, 0.3) is 5.91 Å². The van der Waals surface area contributed by atoms with Gasteiger partial charge in [0.15, 0.2) is 5.75 Å². The summed E-state index contributed by atoms with van der Waals surface area (Å²) in [5, 5.41) is 9.63. The molecule has 0 aliphatic carbocycles. The second-order valence-corrected chi connectivity index (χ2v) is 5.53. The predicted octanol–water partition coefficient (Wildman–Crippen LogP) is 1.90. The van der Waals surface area contributed by atoms with Crippen LogP contribution in [-0.2, 0) is 0 Å². The number of nitrogens with two attached hydrogens (primary N) is 1. The number of aliphatic hydroxyl groups excluding tert-OH is 1. The summed E-state index contributed by atoms with van der Waals surface area (Å²) in [6.45, 7) is 5.48. The van der Waals surface area contributed by atoms with Crippen molar-refractivity contribution in [1.82, 2.24) is 4.90 Å². The third-order valence-electron chi connectivity index (χ3n) is 4.07. The zero-order valence-electron chi connectivity index (χ0n) is 12.7. The molecule has 1 atom stereocenters. The molecule has 3 N–H and O–H groups in total. The molecule has 2 rings (SSSR count). The maximum atomic E-state index is 12.7. The summed E-state index contributed by atoms with van der Waals surface area (Å²) in [6.07, 6.45) is 1.35. The van der Waals surface area contributed by atoms with E-state index >= 15 is 0 Å². The van der Waals surface area contributed by atoms with Crippen LogP contribution in [0.4, 0.5) is 5.69 Å². The Morgan fingerprint density at radius 3 is 2.71 bits per heavy atom. The van der Waals surface area contributed by atoms with Gasteiger partial charge in [0.1, 0.15) is 0 Å². The van der Waals surface area contributed by atoms with E-state index in [1.54, 1.807) is 18.2 Å². The van der Waals surface area contributed by atoms with Crippen molar-refractivity contribution < 1.29 is 14.6 Å². The molecule has 1 aliphatic heterocycles. The summed E-state index contributed by atoms with van der Waals surface area (Å²) in [5.41, 5.74) is 6.92. The number of hydrogen-bond donors (Lipinski definition) is 2. The lowest BCUT2D eigenvalue weighted by Crippen LogP contribution is -2.40. The van der Waals surface area contributed by atoms with Gasteiger partial charge in [-0.1, -0.05) is 6.07 Å². The Balaban J connectivity index is 2.12. The third-order valence-corrected chi connectivity index (χ3v) is 4.07. The van der Waals surface area contributed by atoms with E-state index in [4.69, 9.17) is 10.5 Å². The lowest BCUT2D eigenvalue weighted by molar-refractivity contribution is 0.0518. The monoisotopic (exact) mass is 292 g/mol. The maximum absolute atomic E-state index is 12.7. The van der Waals surface area contributed by atoms with E-state index < -0.39 is 0 Å². The number of carbonyl (C=O) groups excluding carboxylic acids is 1. The Kier molecular flexibility index (Phi) is 5.07. The van der Waals surface area contributed by atoms with Gasteiger partial charge in [0.05, 0.1) is 24.0 Å². The fraction of sp³-hybridized carbons (Fsp3) is 0.562. The van der Waals surface area contributed by atoms with Gasteiger partial charge in [0.2, 0.25) is 0 Å². The van der Waals surface area contributed by atoms with Crippen molar-refractivity contribution in [2.75, 3.05) is 25.4 Å². The second-order valence-electron chi connectivity index (χ2n) is 5.53. The first-order valence-corrected chi connectivity index (χ1v) is 7.53. The average Bonchev–Trinajstić information content (AvgIpc) is 2.49. The first-order chi connectivity index (χ1) is 10.0. The van der Waals surface area contributed by atoms with Gasteiger partial charge in [-0.2, -0.15) is 0 Å². The van der Waals surface area contributed by atoms with Crippen molar-refractivity contribution in [2.24, 2.45) is 5.92 Å². The van der Waals surface area contributed by atoms with E-state index in [1.165, 1.54) is 0 Å². The molecule has 1 aromatic carbocycles. The first-order valence-electron chi connectivity index (χ1n) is 7.53. The van der Waals surface area contributed by atoms with Crippen LogP contribution in [0.5, 0.6) is 5.75 Å². The van der Waals surface area contributed by atoms with Crippen LogP contribution in [0.25, 0.3) is 0 Å². The molecule has 1 amide bonds. The minimum absolute atomic E-state index is 0.0465.